The van der Waals surface area contributed by atoms with E-state index in [1.807, 2.05) is 0 Å². The zero-order valence-electron chi connectivity index (χ0n) is 12.4. The molecule has 0 aliphatic heterocycles. The van der Waals surface area contributed by atoms with Gasteiger partial charge in [0.15, 0.2) is 0 Å². The van der Waals surface area contributed by atoms with E-state index in [0.29, 0.717) is 5.92 Å². The highest BCUT2D eigenvalue weighted by molar-refractivity contribution is 5.21. The highest BCUT2D eigenvalue weighted by Gasteiger charge is 2.49. The van der Waals surface area contributed by atoms with Crippen LogP contribution in [0, 0.1) is 40.9 Å². The van der Waals surface area contributed by atoms with Crippen molar-refractivity contribution in [1.82, 2.24) is 5.32 Å². The third kappa shape index (κ3) is 2.53. The first-order chi connectivity index (χ1) is 8.96. The van der Waals surface area contributed by atoms with Gasteiger partial charge in [0.05, 0.1) is 6.07 Å². The standard InChI is InChI=1S/C17H26N2/c1-17(2,3)19-15(4-5-18)16-13-7-11-6-12(9-13)10-14(16)8-11/h4,11-14,16,19H,6-10H2,1-3H3/b15-4+. The molecule has 4 bridgehead atoms. The van der Waals surface area contributed by atoms with Crippen LogP contribution in [0.5, 0.6) is 0 Å². The second-order valence-electron chi connectivity index (χ2n) is 8.06. The highest BCUT2D eigenvalue weighted by Crippen LogP contribution is 2.58. The Bertz CT molecular complexity index is 394. The van der Waals surface area contributed by atoms with Crippen molar-refractivity contribution >= 4 is 0 Å². The molecule has 0 amide bonds. The van der Waals surface area contributed by atoms with Crippen molar-refractivity contribution in [1.29, 1.82) is 5.26 Å². The topological polar surface area (TPSA) is 35.8 Å². The van der Waals surface area contributed by atoms with E-state index in [1.54, 1.807) is 6.08 Å². The Kier molecular flexibility index (Phi) is 3.12. The summed E-state index contributed by atoms with van der Waals surface area (Å²) in [6, 6.07) is 2.27. The van der Waals surface area contributed by atoms with Crippen LogP contribution >= 0.6 is 0 Å². The van der Waals surface area contributed by atoms with E-state index in [1.165, 1.54) is 37.8 Å². The molecule has 0 heterocycles. The van der Waals surface area contributed by atoms with Crippen molar-refractivity contribution in [3.8, 4) is 6.07 Å². The summed E-state index contributed by atoms with van der Waals surface area (Å²) in [6.45, 7) is 6.57. The van der Waals surface area contributed by atoms with E-state index in [2.05, 4.69) is 32.2 Å². The van der Waals surface area contributed by atoms with Crippen LogP contribution < -0.4 is 5.32 Å². The summed E-state index contributed by atoms with van der Waals surface area (Å²) >= 11 is 0. The minimum atomic E-state index is 0.0529. The van der Waals surface area contributed by atoms with Crippen molar-refractivity contribution in [3.05, 3.63) is 11.8 Å². The van der Waals surface area contributed by atoms with Crippen LogP contribution in [-0.4, -0.2) is 5.54 Å². The maximum Gasteiger partial charge on any atom is 0.0930 e. The molecule has 0 aromatic rings. The van der Waals surface area contributed by atoms with Crippen molar-refractivity contribution in [2.45, 2.75) is 58.4 Å². The van der Waals surface area contributed by atoms with E-state index in [0.717, 1.165) is 23.7 Å². The molecule has 4 saturated carbocycles. The zero-order chi connectivity index (χ0) is 13.6. The number of rotatable bonds is 2. The van der Waals surface area contributed by atoms with Crippen molar-refractivity contribution in [2.24, 2.45) is 29.6 Å². The van der Waals surface area contributed by atoms with Gasteiger partial charge in [-0.15, -0.1) is 0 Å². The van der Waals surface area contributed by atoms with Gasteiger partial charge in [-0.2, -0.15) is 5.26 Å². The molecule has 4 rings (SSSR count). The SMILES string of the molecule is CC(C)(C)N/C(=C/C#N)C1C2CC3CC(C2)CC1C3. The third-order valence-corrected chi connectivity index (χ3v) is 5.33. The van der Waals surface area contributed by atoms with Crippen LogP contribution in [0.4, 0.5) is 0 Å². The summed E-state index contributed by atoms with van der Waals surface area (Å²) in [5, 5.41) is 12.7. The molecular weight excluding hydrogens is 232 g/mol. The number of nitrogens with zero attached hydrogens (tertiary/aromatic N) is 1. The van der Waals surface area contributed by atoms with Gasteiger partial charge in [-0.3, -0.25) is 0 Å². The number of hydrogen-bond donors (Lipinski definition) is 1. The van der Waals surface area contributed by atoms with E-state index in [-0.39, 0.29) is 5.54 Å². The van der Waals surface area contributed by atoms with Gasteiger partial charge < -0.3 is 5.32 Å². The van der Waals surface area contributed by atoms with Gasteiger partial charge >= 0.3 is 0 Å². The molecule has 0 atom stereocenters. The summed E-state index contributed by atoms with van der Waals surface area (Å²) in [4.78, 5) is 0. The van der Waals surface area contributed by atoms with Gasteiger partial charge in [0.2, 0.25) is 0 Å². The first kappa shape index (κ1) is 13.0. The summed E-state index contributed by atoms with van der Waals surface area (Å²) in [5.74, 6) is 4.30. The average molecular weight is 258 g/mol. The van der Waals surface area contributed by atoms with Gasteiger partial charge in [-0.25, -0.2) is 0 Å². The molecular formula is C17H26N2. The predicted octanol–water partition coefficient (Wildman–Crippen LogP) is 3.85. The number of hydrogen-bond acceptors (Lipinski definition) is 2. The van der Waals surface area contributed by atoms with Crippen LogP contribution in [-0.2, 0) is 0 Å². The first-order valence-electron chi connectivity index (χ1n) is 7.84. The van der Waals surface area contributed by atoms with Gasteiger partial charge in [0.25, 0.3) is 0 Å². The Hall–Kier alpha value is -0.970. The monoisotopic (exact) mass is 258 g/mol. The lowest BCUT2D eigenvalue weighted by Crippen LogP contribution is -2.49. The molecule has 2 heteroatoms. The van der Waals surface area contributed by atoms with E-state index in [9.17, 15) is 0 Å². The molecule has 0 aromatic carbocycles. The van der Waals surface area contributed by atoms with Crippen LogP contribution in [0.3, 0.4) is 0 Å². The normalized spacial score (nSPS) is 41.2. The lowest BCUT2D eigenvalue weighted by molar-refractivity contribution is -0.0242. The maximum atomic E-state index is 9.12. The fraction of sp³-hybridized carbons (Fsp3) is 0.824. The number of nitrogens with one attached hydrogen (secondary N) is 1. The molecule has 0 saturated heterocycles. The van der Waals surface area contributed by atoms with Crippen LogP contribution in [0.1, 0.15) is 52.9 Å². The molecule has 0 unspecified atom stereocenters. The Morgan fingerprint density at radius 2 is 1.58 bits per heavy atom. The lowest BCUT2D eigenvalue weighted by atomic mass is 9.51. The summed E-state index contributed by atoms with van der Waals surface area (Å²) < 4.78 is 0. The number of allylic oxidation sites excluding steroid dienone is 2. The molecule has 1 N–H and O–H groups in total. The smallest absolute Gasteiger partial charge is 0.0930 e. The van der Waals surface area contributed by atoms with E-state index >= 15 is 0 Å². The summed E-state index contributed by atoms with van der Waals surface area (Å²) in [7, 11) is 0. The fourth-order valence-electron chi connectivity index (χ4n) is 5.15. The van der Waals surface area contributed by atoms with Crippen LogP contribution in [0.25, 0.3) is 0 Å². The highest BCUT2D eigenvalue weighted by atomic mass is 15.0. The molecule has 19 heavy (non-hydrogen) atoms. The molecule has 4 aliphatic rings. The van der Waals surface area contributed by atoms with Gasteiger partial charge in [-0.05, 0) is 76.5 Å². The van der Waals surface area contributed by atoms with Gasteiger partial charge in [0.1, 0.15) is 0 Å². The zero-order valence-corrected chi connectivity index (χ0v) is 12.4. The molecule has 0 aromatic heterocycles. The Balaban J connectivity index is 1.83. The second kappa shape index (κ2) is 4.54. The summed E-state index contributed by atoms with van der Waals surface area (Å²) in [5.41, 5.74) is 1.28. The molecule has 4 aliphatic carbocycles. The fourth-order valence-corrected chi connectivity index (χ4v) is 5.15. The minimum Gasteiger partial charge on any atom is -0.383 e. The van der Waals surface area contributed by atoms with Crippen molar-refractivity contribution < 1.29 is 0 Å². The molecule has 0 spiro atoms. The first-order valence-corrected chi connectivity index (χ1v) is 7.84. The Morgan fingerprint density at radius 3 is 2.00 bits per heavy atom. The average Bonchev–Trinajstić information content (AvgIpc) is 2.25. The van der Waals surface area contributed by atoms with E-state index in [4.69, 9.17) is 5.26 Å². The van der Waals surface area contributed by atoms with E-state index < -0.39 is 0 Å². The second-order valence-corrected chi connectivity index (χ2v) is 8.06. The number of nitriles is 1. The largest absolute Gasteiger partial charge is 0.383 e. The van der Waals surface area contributed by atoms with Crippen molar-refractivity contribution in [3.63, 3.8) is 0 Å². The van der Waals surface area contributed by atoms with Gasteiger partial charge in [-0.1, -0.05) is 0 Å². The Morgan fingerprint density at radius 1 is 1.05 bits per heavy atom. The van der Waals surface area contributed by atoms with Gasteiger partial charge in [0, 0.05) is 23.2 Å². The summed E-state index contributed by atoms with van der Waals surface area (Å²) in [6.07, 6.45) is 8.92. The minimum absolute atomic E-state index is 0.0529. The maximum absolute atomic E-state index is 9.12. The molecule has 4 fully saturated rings. The molecule has 104 valence electrons. The predicted molar refractivity (Wildman–Crippen MR) is 77.1 cm³/mol. The molecule has 0 radical (unpaired) electrons. The quantitative estimate of drug-likeness (QED) is 0.764. The van der Waals surface area contributed by atoms with Crippen molar-refractivity contribution in [2.75, 3.05) is 0 Å². The third-order valence-electron chi connectivity index (χ3n) is 5.33. The molecule has 2 nitrogen and oxygen atoms in total. The Labute approximate surface area is 117 Å². The van der Waals surface area contributed by atoms with Crippen LogP contribution in [0.2, 0.25) is 0 Å². The lowest BCUT2D eigenvalue weighted by Gasteiger charge is -2.55. The van der Waals surface area contributed by atoms with Crippen LogP contribution in [0.15, 0.2) is 11.8 Å².